The van der Waals surface area contributed by atoms with Gasteiger partial charge in [-0.25, -0.2) is 14.2 Å². The third-order valence-electron chi connectivity index (χ3n) is 4.78. The van der Waals surface area contributed by atoms with Gasteiger partial charge < -0.3 is 4.74 Å². The Kier molecular flexibility index (Phi) is 5.53. The molecule has 8 heteroatoms. The van der Waals surface area contributed by atoms with Gasteiger partial charge >= 0.3 is 5.97 Å². The Balaban J connectivity index is 2.01. The number of hydrogen-bond acceptors (Lipinski definition) is 5. The maximum absolute atomic E-state index is 14.1. The van der Waals surface area contributed by atoms with Gasteiger partial charge in [-0.3, -0.25) is 9.36 Å². The van der Waals surface area contributed by atoms with Crippen molar-refractivity contribution in [3.05, 3.63) is 101 Å². The fourth-order valence-electron chi connectivity index (χ4n) is 3.42. The van der Waals surface area contributed by atoms with E-state index in [0.29, 0.717) is 26.2 Å². The molecule has 0 saturated heterocycles. The maximum Gasteiger partial charge on any atom is 0.338 e. The van der Waals surface area contributed by atoms with Gasteiger partial charge in [-0.05, 0) is 36.8 Å². The normalized spacial score (nSPS) is 16.3. The third-order valence-corrected chi connectivity index (χ3v) is 6.26. The molecule has 0 spiro atoms. The van der Waals surface area contributed by atoms with E-state index in [1.54, 1.807) is 25.1 Å². The van der Waals surface area contributed by atoms with Crippen molar-refractivity contribution >= 4 is 39.3 Å². The Morgan fingerprint density at radius 3 is 2.73 bits per heavy atom. The van der Waals surface area contributed by atoms with Crippen LogP contribution in [0.1, 0.15) is 24.1 Å². The van der Waals surface area contributed by atoms with E-state index in [1.165, 1.54) is 23.8 Å². The molecule has 0 N–H and O–H groups in total. The van der Waals surface area contributed by atoms with Gasteiger partial charge in [-0.1, -0.05) is 57.6 Å². The average Bonchev–Trinajstić information content (AvgIpc) is 3.03. The Morgan fingerprint density at radius 2 is 2.03 bits per heavy atom. The van der Waals surface area contributed by atoms with Crippen molar-refractivity contribution in [3.8, 4) is 0 Å². The van der Waals surface area contributed by atoms with Crippen LogP contribution in [0, 0.1) is 5.82 Å². The zero-order valence-corrected chi connectivity index (χ0v) is 18.5. The number of nitrogens with zero attached hydrogens (tertiary/aromatic N) is 2. The van der Waals surface area contributed by atoms with Crippen molar-refractivity contribution in [3.63, 3.8) is 0 Å². The second-order valence-corrected chi connectivity index (χ2v) is 8.57. The molecule has 1 aromatic heterocycles. The molecular formula is C22H16BrFN2O3S. The van der Waals surface area contributed by atoms with Crippen LogP contribution in [0.2, 0.25) is 0 Å². The molecule has 1 unspecified atom stereocenters. The summed E-state index contributed by atoms with van der Waals surface area (Å²) >= 11 is 4.60. The summed E-state index contributed by atoms with van der Waals surface area (Å²) in [5.74, 6) is -0.970. The first-order valence-corrected chi connectivity index (χ1v) is 10.6. The molecule has 1 atom stereocenters. The predicted octanol–water partition coefficient (Wildman–Crippen LogP) is 3.31. The smallest absolute Gasteiger partial charge is 0.338 e. The first-order chi connectivity index (χ1) is 14.4. The minimum absolute atomic E-state index is 0.292. The summed E-state index contributed by atoms with van der Waals surface area (Å²) in [6.45, 7) is 1.71. The quantitative estimate of drug-likeness (QED) is 0.533. The molecule has 3 aromatic rings. The summed E-state index contributed by atoms with van der Waals surface area (Å²) in [4.78, 5) is 30.8. The number of hydrogen-bond donors (Lipinski definition) is 0. The Hall–Kier alpha value is -2.84. The molecule has 2 aromatic carbocycles. The van der Waals surface area contributed by atoms with Crippen molar-refractivity contribution in [2.24, 2.45) is 4.99 Å². The van der Waals surface area contributed by atoms with E-state index in [-0.39, 0.29) is 5.56 Å². The highest BCUT2D eigenvalue weighted by atomic mass is 79.9. The van der Waals surface area contributed by atoms with Gasteiger partial charge in [0.2, 0.25) is 0 Å². The van der Waals surface area contributed by atoms with E-state index in [2.05, 4.69) is 20.9 Å². The summed E-state index contributed by atoms with van der Waals surface area (Å²) in [6.07, 6.45) is 1.51. The lowest BCUT2D eigenvalue weighted by Gasteiger charge is -2.24. The number of fused-ring (bicyclic) bond motifs is 1. The number of halogens is 2. The molecular weight excluding hydrogens is 471 g/mol. The van der Waals surface area contributed by atoms with Crippen molar-refractivity contribution in [2.45, 2.75) is 13.0 Å². The van der Waals surface area contributed by atoms with E-state index in [4.69, 9.17) is 4.74 Å². The van der Waals surface area contributed by atoms with Gasteiger partial charge in [-0.2, -0.15) is 0 Å². The van der Waals surface area contributed by atoms with E-state index in [9.17, 15) is 14.0 Å². The number of methoxy groups -OCH3 is 1. The lowest BCUT2D eigenvalue weighted by Crippen LogP contribution is -2.39. The van der Waals surface area contributed by atoms with E-state index < -0.39 is 17.8 Å². The van der Waals surface area contributed by atoms with Crippen molar-refractivity contribution in [2.75, 3.05) is 7.11 Å². The summed E-state index contributed by atoms with van der Waals surface area (Å²) in [5, 5.41) is 0. The molecule has 0 bridgehead atoms. The summed E-state index contributed by atoms with van der Waals surface area (Å²) in [6, 6.07) is 12.9. The molecule has 0 radical (unpaired) electrons. The molecule has 1 aliphatic heterocycles. The zero-order chi connectivity index (χ0) is 21.4. The third kappa shape index (κ3) is 3.57. The van der Waals surface area contributed by atoms with Crippen LogP contribution in [-0.4, -0.2) is 17.6 Å². The molecule has 152 valence electrons. The number of benzene rings is 2. The second-order valence-electron chi connectivity index (χ2n) is 6.65. The van der Waals surface area contributed by atoms with Crippen LogP contribution in [0.5, 0.6) is 0 Å². The first-order valence-electron chi connectivity index (χ1n) is 9.01. The molecule has 0 saturated carbocycles. The van der Waals surface area contributed by atoms with Crippen LogP contribution in [0.4, 0.5) is 4.39 Å². The minimum atomic E-state index is -0.700. The van der Waals surface area contributed by atoms with Crippen LogP contribution < -0.4 is 14.9 Å². The standard InChI is InChI=1S/C22H16BrFN2O3S/c1-12-18(21(28)29-2)19(14-7-5-8-15(23)10-14)26-20(27)17(30-22(26)25-12)11-13-6-3-4-9-16(13)24/h3-11,19H,1-2H3. The lowest BCUT2D eigenvalue weighted by atomic mass is 9.96. The Bertz CT molecular complexity index is 1370. The largest absolute Gasteiger partial charge is 0.466 e. The molecule has 0 aliphatic carbocycles. The predicted molar refractivity (Wildman–Crippen MR) is 116 cm³/mol. The molecule has 1 aliphatic rings. The summed E-state index contributed by atoms with van der Waals surface area (Å²) < 4.78 is 21.7. The average molecular weight is 487 g/mol. The van der Waals surface area contributed by atoms with Crippen LogP contribution >= 0.6 is 27.3 Å². The topological polar surface area (TPSA) is 60.7 Å². The minimum Gasteiger partial charge on any atom is -0.466 e. The zero-order valence-electron chi connectivity index (χ0n) is 16.1. The van der Waals surface area contributed by atoms with Gasteiger partial charge in [0.1, 0.15) is 5.82 Å². The van der Waals surface area contributed by atoms with Gasteiger partial charge in [-0.15, -0.1) is 0 Å². The molecule has 2 heterocycles. The van der Waals surface area contributed by atoms with Gasteiger partial charge in [0.25, 0.3) is 5.56 Å². The van der Waals surface area contributed by atoms with E-state index in [0.717, 1.165) is 21.4 Å². The Labute approximate surface area is 183 Å². The number of carbonyl (C=O) groups excluding carboxylic acids is 1. The number of thiazole rings is 1. The van der Waals surface area contributed by atoms with E-state index in [1.807, 2.05) is 24.3 Å². The summed E-state index contributed by atoms with van der Waals surface area (Å²) in [5.41, 5.74) is 1.47. The Morgan fingerprint density at radius 1 is 1.27 bits per heavy atom. The highest BCUT2D eigenvalue weighted by molar-refractivity contribution is 9.10. The number of aromatic nitrogens is 1. The van der Waals surface area contributed by atoms with Crippen LogP contribution in [0.25, 0.3) is 6.08 Å². The number of esters is 1. The van der Waals surface area contributed by atoms with Crippen molar-refractivity contribution in [1.29, 1.82) is 0 Å². The summed E-state index contributed by atoms with van der Waals surface area (Å²) in [7, 11) is 1.30. The van der Waals surface area contributed by atoms with Gasteiger partial charge in [0.05, 0.1) is 29.0 Å². The lowest BCUT2D eigenvalue weighted by molar-refractivity contribution is -0.136. The highest BCUT2D eigenvalue weighted by Gasteiger charge is 2.33. The molecule has 5 nitrogen and oxygen atoms in total. The maximum atomic E-state index is 14.1. The highest BCUT2D eigenvalue weighted by Crippen LogP contribution is 2.31. The number of allylic oxidation sites excluding steroid dienone is 1. The molecule has 4 rings (SSSR count). The van der Waals surface area contributed by atoms with E-state index >= 15 is 0 Å². The monoisotopic (exact) mass is 486 g/mol. The van der Waals surface area contributed by atoms with Gasteiger partial charge in [0, 0.05) is 10.0 Å². The van der Waals surface area contributed by atoms with Crippen LogP contribution in [-0.2, 0) is 9.53 Å². The molecule has 30 heavy (non-hydrogen) atoms. The first kappa shape index (κ1) is 20.4. The number of rotatable bonds is 3. The number of ether oxygens (including phenoxy) is 1. The molecule has 0 amide bonds. The fourth-order valence-corrected chi connectivity index (χ4v) is 4.87. The second kappa shape index (κ2) is 8.12. The number of carbonyl (C=O) groups is 1. The van der Waals surface area contributed by atoms with Crippen LogP contribution in [0.3, 0.4) is 0 Å². The van der Waals surface area contributed by atoms with Crippen molar-refractivity contribution < 1.29 is 13.9 Å². The van der Waals surface area contributed by atoms with Crippen molar-refractivity contribution in [1.82, 2.24) is 4.57 Å². The molecule has 0 fully saturated rings. The fraction of sp³-hybridized carbons (Fsp3) is 0.136. The SMILES string of the molecule is COC(=O)C1=C(C)N=c2sc(=Cc3ccccc3F)c(=O)n2C1c1cccc(Br)c1. The van der Waals surface area contributed by atoms with Gasteiger partial charge in [0.15, 0.2) is 4.80 Å². The van der Waals surface area contributed by atoms with Crippen LogP contribution in [0.15, 0.2) is 74.1 Å².